The molecule has 0 bridgehead atoms. The van der Waals surface area contributed by atoms with Gasteiger partial charge in [-0.1, -0.05) is 0 Å². The quantitative estimate of drug-likeness (QED) is 0.750. The van der Waals surface area contributed by atoms with E-state index < -0.39 is 21.8 Å². The van der Waals surface area contributed by atoms with Gasteiger partial charge in [-0.2, -0.15) is 0 Å². The minimum Gasteiger partial charge on any atom is -0.481 e. The second-order valence-corrected chi connectivity index (χ2v) is 7.78. The van der Waals surface area contributed by atoms with Gasteiger partial charge < -0.3 is 15.3 Å². The van der Waals surface area contributed by atoms with E-state index in [9.17, 15) is 18.0 Å². The van der Waals surface area contributed by atoms with Crippen LogP contribution in [0.1, 0.15) is 26.2 Å². The van der Waals surface area contributed by atoms with E-state index in [4.69, 9.17) is 5.11 Å². The van der Waals surface area contributed by atoms with Crippen molar-refractivity contribution in [3.8, 4) is 0 Å². The van der Waals surface area contributed by atoms with Gasteiger partial charge in [-0.25, -0.2) is 13.2 Å². The number of hydrogen-bond donors (Lipinski definition) is 2. The summed E-state index contributed by atoms with van der Waals surface area (Å²) in [7, 11) is -3.26. The van der Waals surface area contributed by atoms with E-state index in [1.165, 1.54) is 4.90 Å². The highest BCUT2D eigenvalue weighted by atomic mass is 32.2. The molecule has 19 heavy (non-hydrogen) atoms. The number of sulfone groups is 1. The predicted octanol–water partition coefficient (Wildman–Crippen LogP) is -0.178. The van der Waals surface area contributed by atoms with E-state index in [2.05, 4.69) is 5.32 Å². The molecule has 1 heterocycles. The average molecular weight is 290 g/mol. The first kappa shape index (κ1) is 14.1. The van der Waals surface area contributed by atoms with Gasteiger partial charge in [-0.3, -0.25) is 4.79 Å². The maximum atomic E-state index is 12.1. The predicted molar refractivity (Wildman–Crippen MR) is 67.6 cm³/mol. The van der Waals surface area contributed by atoms with Gasteiger partial charge in [0.15, 0.2) is 9.84 Å². The lowest BCUT2D eigenvalue weighted by molar-refractivity contribution is -0.138. The monoisotopic (exact) mass is 290 g/mol. The molecule has 1 aliphatic heterocycles. The van der Waals surface area contributed by atoms with Crippen LogP contribution >= 0.6 is 0 Å². The molecule has 2 fully saturated rings. The second-order valence-electron chi connectivity index (χ2n) is 5.55. The summed E-state index contributed by atoms with van der Waals surface area (Å²) < 4.78 is 23.1. The van der Waals surface area contributed by atoms with Gasteiger partial charge >= 0.3 is 12.0 Å². The van der Waals surface area contributed by atoms with Crippen LogP contribution in [0, 0.1) is 0 Å². The largest absolute Gasteiger partial charge is 0.481 e. The number of rotatable bonds is 3. The molecule has 1 saturated heterocycles. The van der Waals surface area contributed by atoms with Gasteiger partial charge in [0.25, 0.3) is 0 Å². The van der Waals surface area contributed by atoms with Gasteiger partial charge in [-0.05, 0) is 19.8 Å². The molecule has 1 atom stereocenters. The van der Waals surface area contributed by atoms with E-state index >= 15 is 0 Å². The molecular formula is C11H18N2O5S. The number of nitrogens with one attached hydrogen (secondary N) is 1. The molecule has 8 heteroatoms. The van der Waals surface area contributed by atoms with Gasteiger partial charge in [0, 0.05) is 12.1 Å². The summed E-state index contributed by atoms with van der Waals surface area (Å²) in [5.41, 5.74) is -0.207. The third-order valence-electron chi connectivity index (χ3n) is 3.61. The summed E-state index contributed by atoms with van der Waals surface area (Å²) >= 11 is 0. The third kappa shape index (κ3) is 3.59. The Hall–Kier alpha value is -1.31. The van der Waals surface area contributed by atoms with Crippen molar-refractivity contribution >= 4 is 21.8 Å². The van der Waals surface area contributed by atoms with Gasteiger partial charge in [0.1, 0.15) is 0 Å². The molecule has 108 valence electrons. The fourth-order valence-electron chi connectivity index (χ4n) is 2.17. The molecular weight excluding hydrogens is 272 g/mol. The molecule has 2 N–H and O–H groups in total. The molecule has 2 amide bonds. The van der Waals surface area contributed by atoms with Crippen LogP contribution in [0.15, 0.2) is 0 Å². The Morgan fingerprint density at radius 3 is 2.58 bits per heavy atom. The first-order chi connectivity index (χ1) is 8.71. The molecule has 0 spiro atoms. The van der Waals surface area contributed by atoms with E-state index in [0.717, 1.165) is 12.8 Å². The van der Waals surface area contributed by atoms with Crippen LogP contribution in [0.4, 0.5) is 4.79 Å². The zero-order chi connectivity index (χ0) is 14.3. The van der Waals surface area contributed by atoms with Crippen molar-refractivity contribution in [2.45, 2.75) is 37.8 Å². The van der Waals surface area contributed by atoms with E-state index in [1.807, 2.05) is 6.92 Å². The minimum atomic E-state index is -3.26. The summed E-state index contributed by atoms with van der Waals surface area (Å²) in [4.78, 5) is 24.2. The summed E-state index contributed by atoms with van der Waals surface area (Å²) in [5.74, 6) is -1.48. The number of amides is 2. The van der Waals surface area contributed by atoms with Crippen molar-refractivity contribution in [1.82, 2.24) is 10.2 Å². The van der Waals surface area contributed by atoms with Crippen LogP contribution in [0.2, 0.25) is 0 Å². The van der Waals surface area contributed by atoms with Crippen molar-refractivity contribution in [3.05, 3.63) is 0 Å². The number of aliphatic carboxylic acids is 1. The first-order valence-electron chi connectivity index (χ1n) is 6.22. The van der Waals surface area contributed by atoms with Crippen LogP contribution in [-0.2, 0) is 14.6 Å². The Labute approximate surface area is 111 Å². The third-order valence-corrected chi connectivity index (χ3v) is 5.31. The standard InChI is InChI=1S/C11H18N2O5S/c1-11(2-3-11)12-10(16)13-4-5-19(17,18)7-8(13)6-9(14)15/h8H,2-7H2,1H3,(H,12,16)(H,14,15). The molecule has 1 aliphatic carbocycles. The summed E-state index contributed by atoms with van der Waals surface area (Å²) in [6.07, 6.45) is 1.45. The van der Waals surface area contributed by atoms with Crippen molar-refractivity contribution < 1.29 is 23.1 Å². The lowest BCUT2D eigenvalue weighted by atomic mass is 10.2. The molecule has 2 rings (SSSR count). The van der Waals surface area contributed by atoms with Gasteiger partial charge in [-0.15, -0.1) is 0 Å². The smallest absolute Gasteiger partial charge is 0.318 e. The van der Waals surface area contributed by atoms with E-state index in [0.29, 0.717) is 0 Å². The van der Waals surface area contributed by atoms with Gasteiger partial charge in [0.2, 0.25) is 0 Å². The lowest BCUT2D eigenvalue weighted by Crippen LogP contribution is -2.56. The molecule has 1 saturated carbocycles. The number of carbonyl (C=O) groups is 2. The van der Waals surface area contributed by atoms with E-state index in [-0.39, 0.29) is 36.0 Å². The van der Waals surface area contributed by atoms with Crippen molar-refractivity contribution in [2.75, 3.05) is 18.1 Å². The van der Waals surface area contributed by atoms with Crippen LogP contribution in [-0.4, -0.2) is 60.1 Å². The first-order valence-corrected chi connectivity index (χ1v) is 8.04. The number of urea groups is 1. The lowest BCUT2D eigenvalue weighted by Gasteiger charge is -2.35. The van der Waals surface area contributed by atoms with Crippen molar-refractivity contribution in [2.24, 2.45) is 0 Å². The average Bonchev–Trinajstić information content (AvgIpc) is 2.93. The molecule has 2 aliphatic rings. The Bertz CT molecular complexity index is 497. The second kappa shape index (κ2) is 4.66. The number of hydrogen-bond acceptors (Lipinski definition) is 4. The van der Waals surface area contributed by atoms with E-state index in [1.54, 1.807) is 0 Å². The Morgan fingerprint density at radius 1 is 1.42 bits per heavy atom. The number of nitrogens with zero attached hydrogens (tertiary/aromatic N) is 1. The highest BCUT2D eigenvalue weighted by molar-refractivity contribution is 7.91. The molecule has 0 radical (unpaired) electrons. The minimum absolute atomic E-state index is 0.0577. The van der Waals surface area contributed by atoms with Crippen LogP contribution in [0.5, 0.6) is 0 Å². The zero-order valence-corrected chi connectivity index (χ0v) is 11.6. The number of carboxylic acid groups (broad SMARTS) is 1. The normalized spacial score (nSPS) is 27.6. The Kier molecular flexibility index (Phi) is 3.46. The van der Waals surface area contributed by atoms with Crippen LogP contribution < -0.4 is 5.32 Å². The number of carboxylic acids is 1. The fourth-order valence-corrected chi connectivity index (χ4v) is 3.69. The SMILES string of the molecule is CC1(NC(=O)N2CCS(=O)(=O)CC2CC(=O)O)CC1. The molecule has 0 aromatic heterocycles. The zero-order valence-electron chi connectivity index (χ0n) is 10.8. The fraction of sp³-hybridized carbons (Fsp3) is 0.818. The molecule has 0 aromatic carbocycles. The molecule has 1 unspecified atom stereocenters. The van der Waals surface area contributed by atoms with Crippen molar-refractivity contribution in [1.29, 1.82) is 0 Å². The molecule has 7 nitrogen and oxygen atoms in total. The van der Waals surface area contributed by atoms with Crippen LogP contribution in [0.3, 0.4) is 0 Å². The van der Waals surface area contributed by atoms with Crippen molar-refractivity contribution in [3.63, 3.8) is 0 Å². The maximum Gasteiger partial charge on any atom is 0.318 e. The highest BCUT2D eigenvalue weighted by Crippen LogP contribution is 2.34. The highest BCUT2D eigenvalue weighted by Gasteiger charge is 2.42. The summed E-state index contributed by atoms with van der Waals surface area (Å²) in [6, 6.07) is -1.14. The summed E-state index contributed by atoms with van der Waals surface area (Å²) in [6.45, 7) is 1.97. The van der Waals surface area contributed by atoms with Gasteiger partial charge in [0.05, 0.1) is 24.0 Å². The Morgan fingerprint density at radius 2 is 2.05 bits per heavy atom. The maximum absolute atomic E-state index is 12.1. The topological polar surface area (TPSA) is 104 Å². The summed E-state index contributed by atoms with van der Waals surface area (Å²) in [5, 5.41) is 11.7. The Balaban J connectivity index is 2.07. The molecule has 0 aromatic rings. The van der Waals surface area contributed by atoms with Crippen LogP contribution in [0.25, 0.3) is 0 Å². The number of carbonyl (C=O) groups excluding carboxylic acids is 1.